The van der Waals surface area contributed by atoms with Crippen molar-refractivity contribution in [3.05, 3.63) is 70.7 Å². The number of rotatable bonds is 8. The van der Waals surface area contributed by atoms with Gasteiger partial charge in [-0.1, -0.05) is 54.1 Å². The van der Waals surface area contributed by atoms with Crippen molar-refractivity contribution in [3.63, 3.8) is 0 Å². The molecule has 2 aromatic rings. The Kier molecular flexibility index (Phi) is 7.10. The van der Waals surface area contributed by atoms with Gasteiger partial charge < -0.3 is 4.74 Å². The van der Waals surface area contributed by atoms with Gasteiger partial charge in [0.05, 0.1) is 6.61 Å². The van der Waals surface area contributed by atoms with E-state index in [-0.39, 0.29) is 24.6 Å². The first kappa shape index (κ1) is 19.9. The molecular formula is C21H21ClO4. The molecule has 2 unspecified atom stereocenters. The first-order chi connectivity index (χ1) is 12.4. The van der Waals surface area contributed by atoms with Crippen LogP contribution in [0.15, 0.2) is 54.6 Å². The van der Waals surface area contributed by atoms with E-state index in [0.29, 0.717) is 16.1 Å². The van der Waals surface area contributed by atoms with Gasteiger partial charge in [0.1, 0.15) is 11.7 Å². The fraction of sp³-hybridized carbons (Fsp3) is 0.286. The van der Waals surface area contributed by atoms with Gasteiger partial charge in [-0.15, -0.1) is 0 Å². The fourth-order valence-electron chi connectivity index (χ4n) is 2.93. The van der Waals surface area contributed by atoms with Gasteiger partial charge in [-0.25, -0.2) is 0 Å². The minimum atomic E-state index is -1.04. The van der Waals surface area contributed by atoms with E-state index < -0.39 is 17.8 Å². The first-order valence-corrected chi connectivity index (χ1v) is 8.82. The second kappa shape index (κ2) is 9.30. The van der Waals surface area contributed by atoms with Crippen LogP contribution in [-0.4, -0.2) is 24.1 Å². The highest BCUT2D eigenvalue weighted by Gasteiger charge is 2.36. The van der Waals surface area contributed by atoms with Gasteiger partial charge in [-0.05, 0) is 31.5 Å². The summed E-state index contributed by atoms with van der Waals surface area (Å²) < 4.78 is 5.08. The molecule has 0 bridgehead atoms. The predicted octanol–water partition coefficient (Wildman–Crippen LogP) is 4.46. The number of halogens is 1. The summed E-state index contributed by atoms with van der Waals surface area (Å²) in [5, 5.41) is 0.539. The predicted molar refractivity (Wildman–Crippen MR) is 100 cm³/mol. The molecule has 0 radical (unpaired) electrons. The van der Waals surface area contributed by atoms with Crippen LogP contribution in [0.1, 0.15) is 42.1 Å². The quantitative estimate of drug-likeness (QED) is 0.390. The lowest BCUT2D eigenvalue weighted by Gasteiger charge is -2.24. The Hall–Kier alpha value is -2.46. The molecule has 26 heavy (non-hydrogen) atoms. The molecule has 0 spiro atoms. The van der Waals surface area contributed by atoms with E-state index in [1.165, 1.54) is 6.92 Å². The molecule has 0 aliphatic heterocycles. The molecule has 136 valence electrons. The molecule has 0 aliphatic carbocycles. The highest BCUT2D eigenvalue weighted by molar-refractivity contribution is 6.30. The standard InChI is InChI=1S/C21H21ClO4/c1-3-26-21(25)20(14(2)23)18(15-9-11-17(22)12-10-15)13-19(24)16-7-5-4-6-8-16/h4-12,18,20H,3,13H2,1-2H3. The number of Topliss-reactive ketones (excluding diaryl/α,β-unsaturated/α-hetero) is 2. The third kappa shape index (κ3) is 5.02. The zero-order valence-corrected chi connectivity index (χ0v) is 15.5. The summed E-state index contributed by atoms with van der Waals surface area (Å²) in [5.74, 6) is -2.73. The minimum Gasteiger partial charge on any atom is -0.465 e. The molecule has 0 aromatic heterocycles. The van der Waals surface area contributed by atoms with Crippen LogP contribution in [-0.2, 0) is 14.3 Å². The van der Waals surface area contributed by atoms with E-state index in [9.17, 15) is 14.4 Å². The number of hydrogen-bond acceptors (Lipinski definition) is 4. The number of ketones is 2. The fourth-order valence-corrected chi connectivity index (χ4v) is 3.05. The Morgan fingerprint density at radius 1 is 1.00 bits per heavy atom. The lowest BCUT2D eigenvalue weighted by molar-refractivity contribution is -0.152. The number of esters is 1. The zero-order chi connectivity index (χ0) is 19.1. The lowest BCUT2D eigenvalue weighted by Crippen LogP contribution is -2.32. The van der Waals surface area contributed by atoms with E-state index in [0.717, 1.165) is 0 Å². The van der Waals surface area contributed by atoms with Gasteiger partial charge in [0.2, 0.25) is 0 Å². The second-order valence-electron chi connectivity index (χ2n) is 5.99. The van der Waals surface area contributed by atoms with E-state index in [1.54, 1.807) is 55.5 Å². The molecular weight excluding hydrogens is 352 g/mol. The maximum Gasteiger partial charge on any atom is 0.317 e. The highest BCUT2D eigenvalue weighted by Crippen LogP contribution is 2.32. The largest absolute Gasteiger partial charge is 0.465 e. The second-order valence-corrected chi connectivity index (χ2v) is 6.43. The van der Waals surface area contributed by atoms with Gasteiger partial charge >= 0.3 is 5.97 Å². The van der Waals surface area contributed by atoms with Crippen LogP contribution in [0.5, 0.6) is 0 Å². The van der Waals surface area contributed by atoms with E-state index in [2.05, 4.69) is 0 Å². The summed E-state index contributed by atoms with van der Waals surface area (Å²) in [6.07, 6.45) is 0.0225. The molecule has 0 amide bonds. The van der Waals surface area contributed by atoms with Gasteiger partial charge in [0.25, 0.3) is 0 Å². The number of carbonyl (C=O) groups excluding carboxylic acids is 3. The smallest absolute Gasteiger partial charge is 0.317 e. The molecule has 2 aromatic carbocycles. The normalized spacial score (nSPS) is 12.9. The maximum absolute atomic E-state index is 12.7. The van der Waals surface area contributed by atoms with Crippen molar-refractivity contribution in [2.75, 3.05) is 6.61 Å². The van der Waals surface area contributed by atoms with Crippen LogP contribution in [0.25, 0.3) is 0 Å². The molecule has 0 heterocycles. The summed E-state index contributed by atoms with van der Waals surface area (Å²) in [4.78, 5) is 37.3. The van der Waals surface area contributed by atoms with Crippen molar-refractivity contribution in [3.8, 4) is 0 Å². The summed E-state index contributed by atoms with van der Waals surface area (Å²) in [6.45, 7) is 3.20. The Bertz CT molecular complexity index is 768. The van der Waals surface area contributed by atoms with Gasteiger partial charge in [-0.2, -0.15) is 0 Å². The third-order valence-electron chi connectivity index (χ3n) is 4.18. The van der Waals surface area contributed by atoms with Crippen LogP contribution in [0.3, 0.4) is 0 Å². The molecule has 4 nitrogen and oxygen atoms in total. The molecule has 0 N–H and O–H groups in total. The Morgan fingerprint density at radius 2 is 1.62 bits per heavy atom. The minimum absolute atomic E-state index is 0.0225. The van der Waals surface area contributed by atoms with Crippen LogP contribution >= 0.6 is 11.6 Å². The van der Waals surface area contributed by atoms with Gasteiger partial charge in [0.15, 0.2) is 5.78 Å². The number of benzene rings is 2. The summed E-state index contributed by atoms with van der Waals surface area (Å²) >= 11 is 5.95. The lowest BCUT2D eigenvalue weighted by atomic mass is 9.79. The molecule has 5 heteroatoms. The van der Waals surface area contributed by atoms with Crippen LogP contribution in [0.4, 0.5) is 0 Å². The average Bonchev–Trinajstić information content (AvgIpc) is 2.62. The number of ether oxygens (including phenoxy) is 1. The molecule has 0 fully saturated rings. The van der Waals surface area contributed by atoms with Crippen molar-refractivity contribution in [1.29, 1.82) is 0 Å². The molecule has 0 saturated carbocycles. The molecule has 0 aliphatic rings. The maximum atomic E-state index is 12.7. The van der Waals surface area contributed by atoms with E-state index in [1.807, 2.05) is 6.07 Å². The zero-order valence-electron chi connectivity index (χ0n) is 14.8. The monoisotopic (exact) mass is 372 g/mol. The number of carbonyl (C=O) groups is 3. The van der Waals surface area contributed by atoms with Crippen molar-refractivity contribution in [2.24, 2.45) is 5.92 Å². The Morgan fingerprint density at radius 3 is 2.15 bits per heavy atom. The molecule has 0 saturated heterocycles. The van der Waals surface area contributed by atoms with Crippen molar-refractivity contribution in [2.45, 2.75) is 26.2 Å². The van der Waals surface area contributed by atoms with Gasteiger partial charge in [0, 0.05) is 22.9 Å². The van der Waals surface area contributed by atoms with Crippen LogP contribution < -0.4 is 0 Å². The average molecular weight is 373 g/mol. The van der Waals surface area contributed by atoms with E-state index >= 15 is 0 Å². The Labute approximate surface area is 158 Å². The summed E-state index contributed by atoms with van der Waals surface area (Å²) in [7, 11) is 0. The SMILES string of the molecule is CCOC(=O)C(C(C)=O)C(CC(=O)c1ccccc1)c1ccc(Cl)cc1. The van der Waals surface area contributed by atoms with Crippen LogP contribution in [0, 0.1) is 5.92 Å². The van der Waals surface area contributed by atoms with Crippen molar-refractivity contribution >= 4 is 29.1 Å². The first-order valence-electron chi connectivity index (χ1n) is 8.44. The summed E-state index contributed by atoms with van der Waals surface area (Å²) in [6, 6.07) is 15.6. The van der Waals surface area contributed by atoms with Crippen molar-refractivity contribution < 1.29 is 19.1 Å². The third-order valence-corrected chi connectivity index (χ3v) is 4.43. The summed E-state index contributed by atoms with van der Waals surface area (Å²) in [5.41, 5.74) is 1.24. The van der Waals surface area contributed by atoms with E-state index in [4.69, 9.17) is 16.3 Å². The van der Waals surface area contributed by atoms with Crippen LogP contribution in [0.2, 0.25) is 5.02 Å². The highest BCUT2D eigenvalue weighted by atomic mass is 35.5. The number of hydrogen-bond donors (Lipinski definition) is 0. The topological polar surface area (TPSA) is 60.4 Å². The van der Waals surface area contributed by atoms with Crippen molar-refractivity contribution in [1.82, 2.24) is 0 Å². The molecule has 2 rings (SSSR count). The molecule has 2 atom stereocenters. The Balaban J connectivity index is 2.40. The van der Waals surface area contributed by atoms with Gasteiger partial charge in [-0.3, -0.25) is 14.4 Å².